The van der Waals surface area contributed by atoms with Crippen molar-refractivity contribution in [1.82, 2.24) is 19.7 Å². The maximum absolute atomic E-state index is 13.3. The van der Waals surface area contributed by atoms with Gasteiger partial charge in [-0.2, -0.15) is 0 Å². The predicted molar refractivity (Wildman–Crippen MR) is 124 cm³/mol. The molecule has 0 aliphatic rings. The average molecular weight is 448 g/mol. The van der Waals surface area contributed by atoms with Gasteiger partial charge in [0.1, 0.15) is 17.2 Å². The fraction of sp³-hybridized carbons (Fsp3) is 0.240. The summed E-state index contributed by atoms with van der Waals surface area (Å²) in [4.78, 5) is 33.2. The van der Waals surface area contributed by atoms with E-state index < -0.39 is 17.6 Å². The molecule has 0 spiro atoms. The number of H-pyrrole nitrogens is 1. The highest BCUT2D eigenvalue weighted by Crippen LogP contribution is 2.22. The van der Waals surface area contributed by atoms with Crippen LogP contribution in [-0.2, 0) is 0 Å². The number of halogens is 1. The molecule has 0 aliphatic carbocycles. The number of carbonyl (C=O) groups excluding carboxylic acids is 1. The van der Waals surface area contributed by atoms with Crippen LogP contribution in [0.15, 0.2) is 53.3 Å². The number of amides is 1. The van der Waals surface area contributed by atoms with Gasteiger partial charge < -0.3 is 15.4 Å². The SMILES string of the molecule is Cc1ccc(-c2cc3nc(C(=O)NC(CCO)c4ccc(F)cc4)c(C)n3c(=O)[nH]2)cc1C. The van der Waals surface area contributed by atoms with Crippen LogP contribution in [0.3, 0.4) is 0 Å². The van der Waals surface area contributed by atoms with E-state index in [0.29, 0.717) is 22.6 Å². The molecule has 8 heteroatoms. The molecule has 0 fully saturated rings. The highest BCUT2D eigenvalue weighted by molar-refractivity contribution is 5.94. The molecule has 3 N–H and O–H groups in total. The number of nitrogens with zero attached hydrogens (tertiary/aromatic N) is 2. The molecule has 0 saturated heterocycles. The Labute approximate surface area is 189 Å². The van der Waals surface area contributed by atoms with Gasteiger partial charge >= 0.3 is 5.69 Å². The van der Waals surface area contributed by atoms with Crippen LogP contribution in [0.5, 0.6) is 0 Å². The van der Waals surface area contributed by atoms with Gasteiger partial charge in [-0.05, 0) is 67.6 Å². The normalized spacial score (nSPS) is 12.2. The number of hydrogen-bond donors (Lipinski definition) is 3. The van der Waals surface area contributed by atoms with Crippen molar-refractivity contribution in [3.05, 3.63) is 92.9 Å². The van der Waals surface area contributed by atoms with Crippen LogP contribution in [0, 0.1) is 26.6 Å². The summed E-state index contributed by atoms with van der Waals surface area (Å²) >= 11 is 0. The summed E-state index contributed by atoms with van der Waals surface area (Å²) in [5, 5.41) is 12.3. The van der Waals surface area contributed by atoms with Gasteiger partial charge in [0.25, 0.3) is 5.91 Å². The van der Waals surface area contributed by atoms with Crippen LogP contribution in [-0.4, -0.2) is 32.0 Å². The fourth-order valence-corrected chi connectivity index (χ4v) is 3.87. The smallest absolute Gasteiger partial charge is 0.331 e. The molecule has 2 aromatic heterocycles. The molecule has 1 amide bonds. The lowest BCUT2D eigenvalue weighted by Crippen LogP contribution is -2.30. The standard InChI is InChI=1S/C25H25FN4O3/c1-14-4-5-18(12-15(14)2)21-13-22-29-23(16(3)30(22)25(33)28-21)24(32)27-20(10-11-31)17-6-8-19(26)9-7-17/h4-9,12-13,20,31H,10-11H2,1-3H3,(H,27,32)(H,28,33). The second-order valence-electron chi connectivity index (χ2n) is 8.12. The molecular formula is C25H25FN4O3. The van der Waals surface area contributed by atoms with Crippen LogP contribution in [0.4, 0.5) is 4.39 Å². The summed E-state index contributed by atoms with van der Waals surface area (Å²) < 4.78 is 14.6. The lowest BCUT2D eigenvalue weighted by atomic mass is 10.0. The van der Waals surface area contributed by atoms with Crippen molar-refractivity contribution in [2.45, 2.75) is 33.2 Å². The van der Waals surface area contributed by atoms with Crippen LogP contribution < -0.4 is 11.0 Å². The first-order chi connectivity index (χ1) is 15.8. The lowest BCUT2D eigenvalue weighted by Gasteiger charge is -2.18. The summed E-state index contributed by atoms with van der Waals surface area (Å²) in [5.74, 6) is -0.867. The third kappa shape index (κ3) is 4.42. The van der Waals surface area contributed by atoms with Crippen molar-refractivity contribution < 1.29 is 14.3 Å². The number of benzene rings is 2. The number of nitrogens with one attached hydrogen (secondary N) is 2. The van der Waals surface area contributed by atoms with E-state index in [9.17, 15) is 19.1 Å². The monoisotopic (exact) mass is 448 g/mol. The Kier molecular flexibility index (Phi) is 6.11. The van der Waals surface area contributed by atoms with Crippen molar-refractivity contribution in [1.29, 1.82) is 0 Å². The number of aliphatic hydroxyl groups is 1. The third-order valence-electron chi connectivity index (χ3n) is 5.88. The molecule has 1 atom stereocenters. The van der Waals surface area contributed by atoms with Gasteiger partial charge in [-0.1, -0.05) is 24.3 Å². The number of aliphatic hydroxyl groups excluding tert-OH is 1. The van der Waals surface area contributed by atoms with E-state index in [4.69, 9.17) is 0 Å². The molecule has 2 aromatic carbocycles. The maximum atomic E-state index is 13.3. The number of hydrogen-bond acceptors (Lipinski definition) is 4. The first-order valence-electron chi connectivity index (χ1n) is 10.7. The van der Waals surface area contributed by atoms with E-state index in [1.807, 2.05) is 32.0 Å². The van der Waals surface area contributed by atoms with Crippen molar-refractivity contribution >= 4 is 11.6 Å². The molecule has 170 valence electrons. The Morgan fingerprint density at radius 1 is 1.12 bits per heavy atom. The van der Waals surface area contributed by atoms with Crippen molar-refractivity contribution in [2.75, 3.05) is 6.61 Å². The molecule has 2 heterocycles. The van der Waals surface area contributed by atoms with E-state index in [0.717, 1.165) is 16.7 Å². The Hall–Kier alpha value is -3.78. The molecule has 4 aromatic rings. The molecule has 0 bridgehead atoms. The quantitative estimate of drug-likeness (QED) is 0.420. The zero-order chi connectivity index (χ0) is 23.7. The minimum absolute atomic E-state index is 0.114. The zero-order valence-corrected chi connectivity index (χ0v) is 18.6. The van der Waals surface area contributed by atoms with Gasteiger partial charge in [0, 0.05) is 12.7 Å². The van der Waals surface area contributed by atoms with Gasteiger partial charge in [0.05, 0.1) is 17.4 Å². The van der Waals surface area contributed by atoms with Gasteiger partial charge in [-0.25, -0.2) is 18.6 Å². The summed E-state index contributed by atoms with van der Waals surface area (Å²) in [6.45, 7) is 5.51. The number of aryl methyl sites for hydroxylation is 3. The van der Waals surface area contributed by atoms with Crippen LogP contribution in [0.2, 0.25) is 0 Å². The number of fused-ring (bicyclic) bond motifs is 1. The van der Waals surface area contributed by atoms with Crippen molar-refractivity contribution in [3.8, 4) is 11.3 Å². The molecule has 7 nitrogen and oxygen atoms in total. The van der Waals surface area contributed by atoms with Crippen molar-refractivity contribution in [3.63, 3.8) is 0 Å². The minimum atomic E-state index is -0.531. The van der Waals surface area contributed by atoms with Crippen molar-refractivity contribution in [2.24, 2.45) is 0 Å². The van der Waals surface area contributed by atoms with Gasteiger partial charge in [0.2, 0.25) is 0 Å². The number of imidazole rings is 1. The molecule has 4 rings (SSSR count). The molecular weight excluding hydrogens is 423 g/mol. The lowest BCUT2D eigenvalue weighted by molar-refractivity contribution is 0.0925. The maximum Gasteiger partial charge on any atom is 0.331 e. The number of aromatic nitrogens is 3. The molecule has 33 heavy (non-hydrogen) atoms. The largest absolute Gasteiger partial charge is 0.396 e. The van der Waals surface area contributed by atoms with E-state index in [1.54, 1.807) is 25.1 Å². The molecule has 1 unspecified atom stereocenters. The Morgan fingerprint density at radius 2 is 1.85 bits per heavy atom. The first kappa shape index (κ1) is 22.4. The Balaban J connectivity index is 1.70. The van der Waals surface area contributed by atoms with E-state index in [2.05, 4.69) is 15.3 Å². The van der Waals surface area contributed by atoms with Gasteiger partial charge in [-0.15, -0.1) is 0 Å². The number of rotatable bonds is 6. The first-order valence-corrected chi connectivity index (χ1v) is 10.7. The van der Waals surface area contributed by atoms with Crippen LogP contribution in [0.1, 0.15) is 45.3 Å². The highest BCUT2D eigenvalue weighted by atomic mass is 19.1. The van der Waals surface area contributed by atoms with E-state index in [1.165, 1.54) is 16.5 Å². The number of carbonyl (C=O) groups is 1. The second kappa shape index (κ2) is 8.99. The molecule has 0 aliphatic heterocycles. The molecule has 0 radical (unpaired) electrons. The minimum Gasteiger partial charge on any atom is -0.396 e. The van der Waals surface area contributed by atoms with Gasteiger partial charge in [-0.3, -0.25) is 4.79 Å². The third-order valence-corrected chi connectivity index (χ3v) is 5.88. The topological polar surface area (TPSA) is 99.5 Å². The van der Waals surface area contributed by atoms with Crippen LogP contribution in [0.25, 0.3) is 16.9 Å². The highest BCUT2D eigenvalue weighted by Gasteiger charge is 2.22. The predicted octanol–water partition coefficient (Wildman–Crippen LogP) is 3.61. The average Bonchev–Trinajstić information content (AvgIpc) is 3.13. The fourth-order valence-electron chi connectivity index (χ4n) is 3.87. The van der Waals surface area contributed by atoms with E-state index >= 15 is 0 Å². The Bertz CT molecular complexity index is 1390. The van der Waals surface area contributed by atoms with Crippen LogP contribution >= 0.6 is 0 Å². The summed E-state index contributed by atoms with van der Waals surface area (Å²) in [6.07, 6.45) is 0.251. The summed E-state index contributed by atoms with van der Waals surface area (Å²) in [7, 11) is 0. The van der Waals surface area contributed by atoms with E-state index in [-0.39, 0.29) is 24.5 Å². The Morgan fingerprint density at radius 3 is 2.52 bits per heavy atom. The summed E-state index contributed by atoms with van der Waals surface area (Å²) in [6, 6.07) is 12.8. The zero-order valence-electron chi connectivity index (χ0n) is 18.6. The second-order valence-corrected chi connectivity index (χ2v) is 8.12. The summed E-state index contributed by atoms with van der Waals surface area (Å²) in [5.41, 5.74) is 4.85. The molecule has 0 saturated carbocycles. The number of aromatic amines is 1. The van der Waals surface area contributed by atoms with Gasteiger partial charge in [0.15, 0.2) is 0 Å².